The van der Waals surface area contributed by atoms with Gasteiger partial charge in [0.25, 0.3) is 5.69 Å². The van der Waals surface area contributed by atoms with E-state index >= 15 is 0 Å². The quantitative estimate of drug-likeness (QED) is 0.694. The molecule has 2 aromatic rings. The number of rotatable bonds is 3. The number of benzene rings is 2. The molecule has 1 N–H and O–H groups in total. The molecule has 0 aliphatic carbocycles. The largest absolute Gasteiger partial charge is 0.326 e. The van der Waals surface area contributed by atoms with Crippen LogP contribution in [0.5, 0.6) is 0 Å². The molecular formula is C15H14N4O2. The standard InChI is InChI=1S/C15H14N4O2/c20-19(21)14-8-6-13(7-9-14)18-11-10-16-15(18)17-12-4-2-1-3-5-12/h1-9H,10-11H2,(H,16,17). The second-order valence-corrected chi connectivity index (χ2v) is 4.62. The number of aliphatic imine (C=N–C) groups is 1. The first-order valence-electron chi connectivity index (χ1n) is 6.62. The third-order valence-corrected chi connectivity index (χ3v) is 3.24. The Morgan fingerprint density at radius 2 is 1.81 bits per heavy atom. The lowest BCUT2D eigenvalue weighted by molar-refractivity contribution is -0.384. The summed E-state index contributed by atoms with van der Waals surface area (Å²) in [4.78, 5) is 16.8. The van der Waals surface area contributed by atoms with Crippen LogP contribution in [0.3, 0.4) is 0 Å². The molecule has 0 amide bonds. The summed E-state index contributed by atoms with van der Waals surface area (Å²) >= 11 is 0. The van der Waals surface area contributed by atoms with Crippen molar-refractivity contribution >= 4 is 23.0 Å². The summed E-state index contributed by atoms with van der Waals surface area (Å²) in [6, 6.07) is 16.3. The van der Waals surface area contributed by atoms with Crippen LogP contribution in [0.2, 0.25) is 0 Å². The number of nitro groups is 1. The molecule has 1 aliphatic rings. The van der Waals surface area contributed by atoms with E-state index in [0.717, 1.165) is 23.9 Å². The van der Waals surface area contributed by atoms with E-state index < -0.39 is 4.92 Å². The number of para-hydroxylation sites is 1. The van der Waals surface area contributed by atoms with Crippen LogP contribution in [0, 0.1) is 10.1 Å². The lowest BCUT2D eigenvalue weighted by atomic mass is 10.2. The minimum absolute atomic E-state index is 0.0902. The fourth-order valence-corrected chi connectivity index (χ4v) is 2.21. The average Bonchev–Trinajstić information content (AvgIpc) is 2.96. The molecule has 106 valence electrons. The Morgan fingerprint density at radius 1 is 1.10 bits per heavy atom. The van der Waals surface area contributed by atoms with Gasteiger partial charge in [0.2, 0.25) is 5.96 Å². The zero-order valence-corrected chi connectivity index (χ0v) is 11.3. The summed E-state index contributed by atoms with van der Waals surface area (Å²) in [7, 11) is 0. The Morgan fingerprint density at radius 3 is 2.48 bits per heavy atom. The third-order valence-electron chi connectivity index (χ3n) is 3.24. The normalized spacial score (nSPS) is 13.9. The first kappa shape index (κ1) is 13.1. The van der Waals surface area contributed by atoms with E-state index in [2.05, 4.69) is 10.3 Å². The topological polar surface area (TPSA) is 70.8 Å². The van der Waals surface area contributed by atoms with E-state index in [1.807, 2.05) is 35.2 Å². The second kappa shape index (κ2) is 5.62. The lowest BCUT2D eigenvalue weighted by Crippen LogP contribution is -2.32. The molecule has 0 saturated carbocycles. The Bertz CT molecular complexity index is 668. The van der Waals surface area contributed by atoms with Gasteiger partial charge in [0, 0.05) is 30.1 Å². The molecule has 2 aromatic carbocycles. The van der Waals surface area contributed by atoms with Gasteiger partial charge in [-0.2, -0.15) is 0 Å². The van der Waals surface area contributed by atoms with E-state index in [-0.39, 0.29) is 5.69 Å². The van der Waals surface area contributed by atoms with Gasteiger partial charge in [0.15, 0.2) is 0 Å². The zero-order chi connectivity index (χ0) is 14.7. The fourth-order valence-electron chi connectivity index (χ4n) is 2.21. The summed E-state index contributed by atoms with van der Waals surface area (Å²) in [5.74, 6) is 0.759. The highest BCUT2D eigenvalue weighted by Gasteiger charge is 2.19. The highest BCUT2D eigenvalue weighted by molar-refractivity contribution is 6.06. The van der Waals surface area contributed by atoms with E-state index in [4.69, 9.17) is 0 Å². The number of hydrogen-bond donors (Lipinski definition) is 1. The molecule has 1 heterocycles. The van der Waals surface area contributed by atoms with Crippen molar-refractivity contribution in [3.63, 3.8) is 0 Å². The molecule has 0 fully saturated rings. The van der Waals surface area contributed by atoms with E-state index in [1.165, 1.54) is 12.1 Å². The van der Waals surface area contributed by atoms with Crippen LogP contribution in [-0.4, -0.2) is 24.0 Å². The monoisotopic (exact) mass is 282 g/mol. The lowest BCUT2D eigenvalue weighted by Gasteiger charge is -2.21. The maximum absolute atomic E-state index is 10.7. The number of nitro benzene ring substituents is 1. The third kappa shape index (κ3) is 2.84. The minimum atomic E-state index is -0.398. The first-order chi connectivity index (χ1) is 10.2. The number of non-ortho nitro benzene ring substituents is 1. The molecule has 0 saturated heterocycles. The second-order valence-electron chi connectivity index (χ2n) is 4.62. The van der Waals surface area contributed by atoms with Gasteiger partial charge in [-0.05, 0) is 24.3 Å². The van der Waals surface area contributed by atoms with Crippen molar-refractivity contribution in [2.45, 2.75) is 0 Å². The molecule has 6 heteroatoms. The highest BCUT2D eigenvalue weighted by atomic mass is 16.6. The first-order valence-corrected chi connectivity index (χ1v) is 6.62. The summed E-state index contributed by atoms with van der Waals surface area (Å²) in [5.41, 5.74) is 1.94. The van der Waals surface area contributed by atoms with Crippen molar-refractivity contribution < 1.29 is 4.92 Å². The zero-order valence-electron chi connectivity index (χ0n) is 11.3. The van der Waals surface area contributed by atoms with Crippen LogP contribution in [0.4, 0.5) is 17.1 Å². The van der Waals surface area contributed by atoms with Crippen LogP contribution in [0.1, 0.15) is 0 Å². The van der Waals surface area contributed by atoms with Crippen LogP contribution < -0.4 is 10.2 Å². The molecule has 0 aromatic heterocycles. The maximum Gasteiger partial charge on any atom is 0.269 e. The Labute approximate surface area is 121 Å². The SMILES string of the molecule is O=[N+]([O-])c1ccc(N2CCN=C2Nc2ccccc2)cc1. The molecular weight excluding hydrogens is 268 g/mol. The van der Waals surface area contributed by atoms with Gasteiger partial charge in [-0.1, -0.05) is 18.2 Å². The van der Waals surface area contributed by atoms with Gasteiger partial charge in [-0.3, -0.25) is 15.1 Å². The molecule has 21 heavy (non-hydrogen) atoms. The van der Waals surface area contributed by atoms with Gasteiger partial charge in [0.1, 0.15) is 0 Å². The number of guanidine groups is 1. The Kier molecular flexibility index (Phi) is 3.51. The Hall–Kier alpha value is -2.89. The molecule has 3 rings (SSSR count). The number of nitrogens with one attached hydrogen (secondary N) is 1. The smallest absolute Gasteiger partial charge is 0.269 e. The molecule has 0 bridgehead atoms. The molecule has 0 unspecified atom stereocenters. The molecule has 0 radical (unpaired) electrons. The summed E-state index contributed by atoms with van der Waals surface area (Å²) in [6.07, 6.45) is 0. The van der Waals surface area contributed by atoms with Crippen LogP contribution >= 0.6 is 0 Å². The summed E-state index contributed by atoms with van der Waals surface area (Å²) < 4.78 is 0. The van der Waals surface area contributed by atoms with Gasteiger partial charge < -0.3 is 10.2 Å². The predicted octanol–water partition coefficient (Wildman–Crippen LogP) is 2.88. The molecule has 6 nitrogen and oxygen atoms in total. The van der Waals surface area contributed by atoms with Crippen molar-refractivity contribution in [2.24, 2.45) is 4.99 Å². The Balaban J connectivity index is 1.78. The van der Waals surface area contributed by atoms with Crippen molar-refractivity contribution in [3.8, 4) is 0 Å². The van der Waals surface area contributed by atoms with E-state index in [1.54, 1.807) is 12.1 Å². The van der Waals surface area contributed by atoms with Gasteiger partial charge in [-0.15, -0.1) is 0 Å². The van der Waals surface area contributed by atoms with Crippen molar-refractivity contribution in [1.29, 1.82) is 0 Å². The van der Waals surface area contributed by atoms with Crippen molar-refractivity contribution in [3.05, 3.63) is 64.7 Å². The van der Waals surface area contributed by atoms with Crippen LogP contribution in [0.15, 0.2) is 59.6 Å². The highest BCUT2D eigenvalue weighted by Crippen LogP contribution is 2.22. The molecule has 1 aliphatic heterocycles. The average molecular weight is 282 g/mol. The van der Waals surface area contributed by atoms with Crippen LogP contribution in [0.25, 0.3) is 0 Å². The van der Waals surface area contributed by atoms with Crippen molar-refractivity contribution in [1.82, 2.24) is 0 Å². The van der Waals surface area contributed by atoms with Crippen molar-refractivity contribution in [2.75, 3.05) is 23.3 Å². The summed E-state index contributed by atoms with van der Waals surface area (Å²) in [6.45, 7) is 1.46. The van der Waals surface area contributed by atoms with Crippen LogP contribution in [-0.2, 0) is 0 Å². The number of anilines is 2. The van der Waals surface area contributed by atoms with Gasteiger partial charge in [0.05, 0.1) is 11.5 Å². The van der Waals surface area contributed by atoms with E-state index in [0.29, 0.717) is 6.54 Å². The van der Waals surface area contributed by atoms with E-state index in [9.17, 15) is 10.1 Å². The number of hydrogen-bond acceptors (Lipinski definition) is 5. The molecule has 0 atom stereocenters. The fraction of sp³-hybridized carbons (Fsp3) is 0.133. The summed E-state index contributed by atoms with van der Waals surface area (Å²) in [5, 5.41) is 14.0. The molecule has 0 spiro atoms. The van der Waals surface area contributed by atoms with Gasteiger partial charge >= 0.3 is 0 Å². The maximum atomic E-state index is 10.7. The number of nitrogens with zero attached hydrogens (tertiary/aromatic N) is 3. The predicted molar refractivity (Wildman–Crippen MR) is 82.8 cm³/mol. The minimum Gasteiger partial charge on any atom is -0.326 e. The van der Waals surface area contributed by atoms with Gasteiger partial charge in [-0.25, -0.2) is 0 Å².